The quantitative estimate of drug-likeness (QED) is 0.830. The first-order valence-corrected chi connectivity index (χ1v) is 5.88. The average Bonchev–Trinajstić information content (AvgIpc) is 3.16. The fraction of sp³-hybridized carbons (Fsp3) is 0.385. The second kappa shape index (κ2) is 4.33. The van der Waals surface area contributed by atoms with Crippen LogP contribution >= 0.6 is 0 Å². The third kappa shape index (κ3) is 1.92. The van der Waals surface area contributed by atoms with Crippen LogP contribution in [0.3, 0.4) is 0 Å². The van der Waals surface area contributed by atoms with E-state index in [1.807, 2.05) is 18.2 Å². The molecule has 0 atom stereocenters. The van der Waals surface area contributed by atoms with Crippen LogP contribution in [0.25, 0.3) is 11.4 Å². The van der Waals surface area contributed by atoms with E-state index in [1.54, 1.807) is 14.2 Å². The standard InChI is InChI=1S/C13H14N2O3/c1-16-10-6-5-9(7-11(10)17-2)12-14-13(18-15-12)8-3-4-8/h5-8H,3-4H2,1-2H3. The monoisotopic (exact) mass is 246 g/mol. The molecule has 1 aromatic heterocycles. The Morgan fingerprint density at radius 2 is 1.94 bits per heavy atom. The number of benzene rings is 1. The molecule has 5 nitrogen and oxygen atoms in total. The van der Waals surface area contributed by atoms with Gasteiger partial charge >= 0.3 is 0 Å². The molecule has 18 heavy (non-hydrogen) atoms. The highest BCUT2D eigenvalue weighted by Crippen LogP contribution is 2.40. The van der Waals surface area contributed by atoms with Gasteiger partial charge in [0, 0.05) is 11.5 Å². The Kier molecular flexibility index (Phi) is 2.66. The largest absolute Gasteiger partial charge is 0.493 e. The van der Waals surface area contributed by atoms with E-state index >= 15 is 0 Å². The highest BCUT2D eigenvalue weighted by Gasteiger charge is 2.29. The average molecular weight is 246 g/mol. The Morgan fingerprint density at radius 3 is 2.61 bits per heavy atom. The van der Waals surface area contributed by atoms with E-state index < -0.39 is 0 Å². The zero-order chi connectivity index (χ0) is 12.5. The molecular weight excluding hydrogens is 232 g/mol. The van der Waals surface area contributed by atoms with Crippen molar-refractivity contribution < 1.29 is 14.0 Å². The van der Waals surface area contributed by atoms with Crippen molar-refractivity contribution in [2.75, 3.05) is 14.2 Å². The maximum Gasteiger partial charge on any atom is 0.230 e. The number of hydrogen-bond acceptors (Lipinski definition) is 5. The Morgan fingerprint density at radius 1 is 1.17 bits per heavy atom. The van der Waals surface area contributed by atoms with Crippen LogP contribution in [0.5, 0.6) is 11.5 Å². The summed E-state index contributed by atoms with van der Waals surface area (Å²) >= 11 is 0. The lowest BCUT2D eigenvalue weighted by Gasteiger charge is -2.07. The van der Waals surface area contributed by atoms with E-state index in [1.165, 1.54) is 0 Å². The summed E-state index contributed by atoms with van der Waals surface area (Å²) in [5.74, 6) is 3.14. The number of hydrogen-bond donors (Lipinski definition) is 0. The van der Waals surface area contributed by atoms with Crippen LogP contribution in [0.2, 0.25) is 0 Å². The summed E-state index contributed by atoms with van der Waals surface area (Å²) < 4.78 is 15.7. The van der Waals surface area contributed by atoms with Crippen molar-refractivity contribution in [3.63, 3.8) is 0 Å². The minimum Gasteiger partial charge on any atom is -0.493 e. The Bertz CT molecular complexity index is 561. The van der Waals surface area contributed by atoms with Gasteiger partial charge in [0.25, 0.3) is 0 Å². The summed E-state index contributed by atoms with van der Waals surface area (Å²) in [5, 5.41) is 4.00. The highest BCUT2D eigenvalue weighted by molar-refractivity contribution is 5.60. The molecular formula is C13H14N2O3. The van der Waals surface area contributed by atoms with Gasteiger partial charge in [-0.1, -0.05) is 5.16 Å². The first-order valence-electron chi connectivity index (χ1n) is 5.88. The number of rotatable bonds is 4. The third-order valence-electron chi connectivity index (χ3n) is 3.01. The molecule has 1 heterocycles. The lowest BCUT2D eigenvalue weighted by molar-refractivity contribution is 0.355. The van der Waals surface area contributed by atoms with Gasteiger partial charge in [0.2, 0.25) is 11.7 Å². The van der Waals surface area contributed by atoms with Gasteiger partial charge in [-0.15, -0.1) is 0 Å². The minimum atomic E-state index is 0.464. The van der Waals surface area contributed by atoms with E-state index in [-0.39, 0.29) is 0 Å². The number of methoxy groups -OCH3 is 2. The Labute approximate surface area is 105 Å². The van der Waals surface area contributed by atoms with Crippen molar-refractivity contribution in [3.8, 4) is 22.9 Å². The molecule has 2 aromatic rings. The number of ether oxygens (including phenoxy) is 2. The molecule has 5 heteroatoms. The SMILES string of the molecule is COc1ccc(-c2noc(C3CC3)n2)cc1OC. The van der Waals surface area contributed by atoms with Gasteiger partial charge in [0.15, 0.2) is 11.5 Å². The topological polar surface area (TPSA) is 57.4 Å². The molecule has 1 aromatic carbocycles. The summed E-state index contributed by atoms with van der Waals surface area (Å²) in [6, 6.07) is 5.57. The van der Waals surface area contributed by atoms with Gasteiger partial charge in [-0.25, -0.2) is 0 Å². The van der Waals surface area contributed by atoms with Gasteiger partial charge in [-0.2, -0.15) is 4.98 Å². The van der Waals surface area contributed by atoms with Crippen molar-refractivity contribution in [2.45, 2.75) is 18.8 Å². The first kappa shape index (κ1) is 11.1. The van der Waals surface area contributed by atoms with Gasteiger partial charge in [0.05, 0.1) is 14.2 Å². The Balaban J connectivity index is 1.94. The molecule has 1 aliphatic rings. The van der Waals surface area contributed by atoms with Crippen LogP contribution in [-0.4, -0.2) is 24.4 Å². The van der Waals surface area contributed by atoms with Gasteiger partial charge < -0.3 is 14.0 Å². The molecule has 0 bridgehead atoms. The van der Waals surface area contributed by atoms with Crippen molar-refractivity contribution >= 4 is 0 Å². The molecule has 3 rings (SSSR count). The molecule has 0 radical (unpaired) electrons. The lowest BCUT2D eigenvalue weighted by Crippen LogP contribution is -1.91. The van der Waals surface area contributed by atoms with Crippen molar-refractivity contribution in [1.29, 1.82) is 0 Å². The van der Waals surface area contributed by atoms with Crippen molar-refractivity contribution in [1.82, 2.24) is 10.1 Å². The Hall–Kier alpha value is -2.04. The zero-order valence-corrected chi connectivity index (χ0v) is 10.3. The summed E-state index contributed by atoms with van der Waals surface area (Å²) in [5.41, 5.74) is 0.864. The molecule has 0 saturated heterocycles. The van der Waals surface area contributed by atoms with Crippen LogP contribution in [0.4, 0.5) is 0 Å². The van der Waals surface area contributed by atoms with Gasteiger partial charge in [-0.05, 0) is 31.0 Å². The van der Waals surface area contributed by atoms with Crippen LogP contribution < -0.4 is 9.47 Å². The van der Waals surface area contributed by atoms with E-state index in [2.05, 4.69) is 10.1 Å². The molecule has 0 aliphatic heterocycles. The fourth-order valence-corrected chi connectivity index (χ4v) is 1.82. The number of aromatic nitrogens is 2. The lowest BCUT2D eigenvalue weighted by atomic mass is 10.2. The normalized spacial score (nSPS) is 14.6. The molecule has 0 unspecified atom stereocenters. The van der Waals surface area contributed by atoms with E-state index in [0.29, 0.717) is 23.2 Å². The maximum atomic E-state index is 5.25. The number of nitrogens with zero attached hydrogens (tertiary/aromatic N) is 2. The first-order chi connectivity index (χ1) is 8.81. The summed E-state index contributed by atoms with van der Waals surface area (Å²) in [7, 11) is 3.21. The molecule has 1 saturated carbocycles. The van der Waals surface area contributed by atoms with Crippen LogP contribution in [0.1, 0.15) is 24.7 Å². The molecule has 0 amide bonds. The van der Waals surface area contributed by atoms with Gasteiger partial charge in [-0.3, -0.25) is 0 Å². The van der Waals surface area contributed by atoms with E-state index in [0.717, 1.165) is 24.3 Å². The molecule has 0 N–H and O–H groups in total. The fourth-order valence-electron chi connectivity index (χ4n) is 1.82. The van der Waals surface area contributed by atoms with Crippen molar-refractivity contribution in [2.24, 2.45) is 0 Å². The molecule has 94 valence electrons. The van der Waals surface area contributed by atoms with Crippen LogP contribution in [0, 0.1) is 0 Å². The summed E-state index contributed by atoms with van der Waals surface area (Å²) in [6.07, 6.45) is 2.29. The molecule has 1 fully saturated rings. The van der Waals surface area contributed by atoms with Gasteiger partial charge in [0.1, 0.15) is 0 Å². The summed E-state index contributed by atoms with van der Waals surface area (Å²) in [4.78, 5) is 4.40. The zero-order valence-electron chi connectivity index (χ0n) is 10.3. The minimum absolute atomic E-state index is 0.464. The molecule has 0 spiro atoms. The highest BCUT2D eigenvalue weighted by atomic mass is 16.5. The van der Waals surface area contributed by atoms with E-state index in [4.69, 9.17) is 14.0 Å². The smallest absolute Gasteiger partial charge is 0.230 e. The predicted octanol–water partition coefficient (Wildman–Crippen LogP) is 2.63. The predicted molar refractivity (Wildman–Crippen MR) is 64.8 cm³/mol. The van der Waals surface area contributed by atoms with Crippen LogP contribution in [0.15, 0.2) is 22.7 Å². The summed E-state index contributed by atoms with van der Waals surface area (Å²) in [6.45, 7) is 0. The van der Waals surface area contributed by atoms with Crippen molar-refractivity contribution in [3.05, 3.63) is 24.1 Å². The third-order valence-corrected chi connectivity index (χ3v) is 3.01. The van der Waals surface area contributed by atoms with E-state index in [9.17, 15) is 0 Å². The molecule has 1 aliphatic carbocycles. The van der Waals surface area contributed by atoms with Crippen LogP contribution in [-0.2, 0) is 0 Å². The second-order valence-electron chi connectivity index (χ2n) is 4.30. The second-order valence-corrected chi connectivity index (χ2v) is 4.30. The maximum absolute atomic E-state index is 5.25.